The van der Waals surface area contributed by atoms with Gasteiger partial charge in [-0.05, 0) is 110 Å². The highest BCUT2D eigenvalue weighted by Gasteiger charge is 2.38. The molecular formula is C47H52N10O5. The smallest absolute Gasteiger partial charge is 0.278 e. The summed E-state index contributed by atoms with van der Waals surface area (Å²) in [7, 11) is 0. The Hall–Kier alpha value is -6.03. The van der Waals surface area contributed by atoms with Crippen molar-refractivity contribution in [3.8, 4) is 5.82 Å². The number of hydrogen-bond acceptors (Lipinski definition) is 12. The molecular weight excluding hydrogens is 785 g/mol. The number of aromatic nitrogens is 6. The van der Waals surface area contributed by atoms with Gasteiger partial charge in [-0.2, -0.15) is 4.98 Å². The van der Waals surface area contributed by atoms with Crippen molar-refractivity contribution in [1.82, 2.24) is 44.6 Å². The summed E-state index contributed by atoms with van der Waals surface area (Å²) in [6, 6.07) is 15.0. The van der Waals surface area contributed by atoms with E-state index in [1.165, 1.54) is 22.3 Å². The molecule has 320 valence electrons. The first-order valence-electron chi connectivity index (χ1n) is 22.1. The lowest BCUT2D eigenvalue weighted by atomic mass is 9.92. The molecule has 2 amide bonds. The zero-order valence-electron chi connectivity index (χ0n) is 35.3. The molecule has 1 saturated heterocycles. The number of hydrogen-bond donors (Lipinski definition) is 3. The number of rotatable bonds is 13. The summed E-state index contributed by atoms with van der Waals surface area (Å²) in [5.41, 5.74) is 8.17. The first kappa shape index (κ1) is 40.1. The molecule has 2 unspecified atom stereocenters. The molecule has 15 nitrogen and oxygen atoms in total. The van der Waals surface area contributed by atoms with Crippen molar-refractivity contribution in [3.63, 3.8) is 0 Å². The monoisotopic (exact) mass is 836 g/mol. The number of benzene rings is 2. The second kappa shape index (κ2) is 16.0. The zero-order valence-corrected chi connectivity index (χ0v) is 35.3. The Bertz CT molecular complexity index is 2830. The Labute approximate surface area is 358 Å². The number of aliphatic hydroxyl groups is 1. The summed E-state index contributed by atoms with van der Waals surface area (Å²) in [5, 5.41) is 22.7. The van der Waals surface area contributed by atoms with Crippen LogP contribution < -0.4 is 16.2 Å². The number of fused-ring (bicyclic) bond motifs is 5. The number of imide groups is 1. The first-order chi connectivity index (χ1) is 30.1. The van der Waals surface area contributed by atoms with Gasteiger partial charge in [0.25, 0.3) is 5.56 Å². The van der Waals surface area contributed by atoms with Gasteiger partial charge >= 0.3 is 0 Å². The van der Waals surface area contributed by atoms with E-state index in [0.29, 0.717) is 71.5 Å². The first-order valence-corrected chi connectivity index (χ1v) is 22.1. The van der Waals surface area contributed by atoms with Crippen LogP contribution in [0.3, 0.4) is 0 Å². The number of anilines is 2. The zero-order chi connectivity index (χ0) is 42.7. The summed E-state index contributed by atoms with van der Waals surface area (Å²) >= 11 is 0. The van der Waals surface area contributed by atoms with E-state index in [9.17, 15) is 19.5 Å². The van der Waals surface area contributed by atoms with E-state index in [-0.39, 0.29) is 23.9 Å². The van der Waals surface area contributed by atoms with Gasteiger partial charge < -0.3 is 14.9 Å². The van der Waals surface area contributed by atoms with E-state index in [2.05, 4.69) is 74.4 Å². The maximum atomic E-state index is 13.6. The fourth-order valence-corrected chi connectivity index (χ4v) is 10.1. The van der Waals surface area contributed by atoms with E-state index < -0.39 is 11.5 Å². The van der Waals surface area contributed by atoms with Crippen LogP contribution in [-0.2, 0) is 54.2 Å². The van der Waals surface area contributed by atoms with E-state index in [1.807, 2.05) is 19.1 Å². The average Bonchev–Trinajstić information content (AvgIpc) is 4.04. The predicted octanol–water partition coefficient (Wildman–Crippen LogP) is 6.04. The summed E-state index contributed by atoms with van der Waals surface area (Å²) < 4.78 is 9.00. The molecule has 15 heteroatoms. The van der Waals surface area contributed by atoms with E-state index in [1.54, 1.807) is 21.6 Å². The SMILES string of the molecule is C=CCn1c(=O)c2cnc(Nc3ccc4c(c3)CCN(CCC(CCC)N3Cc5cc6onc(C7CCC(=O)NC7=O)c6cc5C3)C4)nc2n1-c1ccc2c(n1)[C@@](O)(CC)CC2. The van der Waals surface area contributed by atoms with Crippen LogP contribution in [-0.4, -0.2) is 75.3 Å². The Balaban J connectivity index is 0.814. The molecule has 4 aliphatic rings. The molecule has 1 aliphatic carbocycles. The fourth-order valence-electron chi connectivity index (χ4n) is 10.1. The average molecular weight is 837 g/mol. The molecule has 0 saturated carbocycles. The van der Waals surface area contributed by atoms with Gasteiger partial charge in [0, 0.05) is 55.9 Å². The number of aryl methyl sites for hydroxylation is 1. The molecule has 2 aromatic carbocycles. The number of carbonyl (C=O) groups excluding carboxylic acids is 2. The number of nitrogens with one attached hydrogen (secondary N) is 2. The number of nitrogens with zero attached hydrogens (tertiary/aromatic N) is 8. The summed E-state index contributed by atoms with van der Waals surface area (Å²) in [6.45, 7) is 12.9. The van der Waals surface area contributed by atoms with Crippen LogP contribution >= 0.6 is 0 Å². The van der Waals surface area contributed by atoms with Gasteiger partial charge in [-0.15, -0.1) is 6.58 Å². The van der Waals surface area contributed by atoms with Gasteiger partial charge in [0.05, 0.1) is 18.2 Å². The van der Waals surface area contributed by atoms with Gasteiger partial charge in [0.2, 0.25) is 17.8 Å². The standard InChI is InChI=1S/C47H52N10O5/c1-4-7-34(55-26-31-22-36-38(23-32(31)27-55)62-53-41(36)35-11-13-40(58)51-44(35)59)16-20-54-19-15-29-21-33(10-8-30(29)25-54)49-46-48-24-37-43(52-46)57(56(18-5-2)45(37)60)39-12-9-28-14-17-47(61,6-3)42(28)50-39/h5,8-10,12,21-24,34-35,61H,2,4,6-7,11,13-20,25-27H2,1,3H3,(H,48,49,52)(H,51,58,59)/t34?,35?,47-/m1/s1. The lowest BCUT2D eigenvalue weighted by molar-refractivity contribution is -0.134. The third-order valence-corrected chi connectivity index (χ3v) is 13.6. The van der Waals surface area contributed by atoms with Crippen LogP contribution in [0.5, 0.6) is 0 Å². The van der Waals surface area contributed by atoms with Crippen LogP contribution in [0.2, 0.25) is 0 Å². The molecule has 6 aromatic rings. The molecule has 4 aromatic heterocycles. The largest absolute Gasteiger partial charge is 0.384 e. The second-order valence-electron chi connectivity index (χ2n) is 17.4. The highest BCUT2D eigenvalue weighted by Crippen LogP contribution is 2.39. The van der Waals surface area contributed by atoms with Crippen LogP contribution in [0.1, 0.15) is 104 Å². The molecule has 7 heterocycles. The number of pyridine rings is 1. The Morgan fingerprint density at radius 2 is 1.81 bits per heavy atom. The van der Waals surface area contributed by atoms with Gasteiger partial charge in [-0.1, -0.05) is 43.6 Å². The maximum Gasteiger partial charge on any atom is 0.278 e. The minimum Gasteiger partial charge on any atom is -0.384 e. The minimum absolute atomic E-state index is 0.236. The molecule has 0 spiro atoms. The third kappa shape index (κ3) is 7.11. The van der Waals surface area contributed by atoms with Gasteiger partial charge in [-0.25, -0.2) is 19.3 Å². The van der Waals surface area contributed by atoms with E-state index >= 15 is 0 Å². The second-order valence-corrected chi connectivity index (χ2v) is 17.4. The molecule has 3 aliphatic heterocycles. The van der Waals surface area contributed by atoms with Crippen LogP contribution in [0, 0.1) is 0 Å². The number of amides is 2. The quantitative estimate of drug-likeness (QED) is 0.0910. The van der Waals surface area contributed by atoms with Crippen molar-refractivity contribution in [1.29, 1.82) is 0 Å². The Kier molecular flexibility index (Phi) is 10.4. The predicted molar refractivity (Wildman–Crippen MR) is 234 cm³/mol. The van der Waals surface area contributed by atoms with Crippen LogP contribution in [0.25, 0.3) is 27.8 Å². The molecule has 0 radical (unpaired) electrons. The number of carbonyl (C=O) groups is 2. The van der Waals surface area contributed by atoms with E-state index in [4.69, 9.17) is 14.5 Å². The van der Waals surface area contributed by atoms with Gasteiger partial charge in [0.15, 0.2) is 17.0 Å². The minimum atomic E-state index is -0.995. The lowest BCUT2D eigenvalue weighted by Gasteiger charge is -2.33. The summed E-state index contributed by atoms with van der Waals surface area (Å²) in [6.07, 6.45) is 10.1. The fraction of sp³-hybridized carbons (Fsp3) is 0.426. The van der Waals surface area contributed by atoms with Crippen molar-refractivity contribution >= 4 is 45.5 Å². The summed E-state index contributed by atoms with van der Waals surface area (Å²) in [5.74, 6) is -0.135. The van der Waals surface area contributed by atoms with Crippen molar-refractivity contribution in [2.75, 3.05) is 18.4 Å². The van der Waals surface area contributed by atoms with Crippen molar-refractivity contribution in [2.24, 2.45) is 0 Å². The van der Waals surface area contributed by atoms with Crippen LogP contribution in [0.4, 0.5) is 11.6 Å². The van der Waals surface area contributed by atoms with Gasteiger partial charge in [-0.3, -0.25) is 29.5 Å². The molecule has 3 N–H and O–H groups in total. The molecule has 62 heavy (non-hydrogen) atoms. The highest BCUT2D eigenvalue weighted by atomic mass is 16.5. The molecule has 10 rings (SSSR count). The topological polar surface area (TPSA) is 177 Å². The van der Waals surface area contributed by atoms with Crippen LogP contribution in [0.15, 0.2) is 70.6 Å². The van der Waals surface area contributed by atoms with Gasteiger partial charge in [0.1, 0.15) is 16.7 Å². The molecule has 0 bridgehead atoms. The highest BCUT2D eigenvalue weighted by molar-refractivity contribution is 6.02. The van der Waals surface area contributed by atoms with E-state index in [0.717, 1.165) is 81.5 Å². The van der Waals surface area contributed by atoms with Crippen molar-refractivity contribution in [2.45, 2.75) is 115 Å². The summed E-state index contributed by atoms with van der Waals surface area (Å²) in [4.78, 5) is 57.5. The molecule has 1 fully saturated rings. The molecule has 3 atom stereocenters. The lowest BCUT2D eigenvalue weighted by Crippen LogP contribution is -2.39. The van der Waals surface area contributed by atoms with Crippen molar-refractivity contribution in [3.05, 3.63) is 111 Å². The number of piperidine rings is 1. The maximum absolute atomic E-state index is 13.6. The normalized spacial score (nSPS) is 20.7. The number of allylic oxidation sites excluding steroid dienone is 1. The Morgan fingerprint density at radius 3 is 2.61 bits per heavy atom. The third-order valence-electron chi connectivity index (χ3n) is 13.6. The van der Waals surface area contributed by atoms with Crippen molar-refractivity contribution < 1.29 is 19.2 Å². The Morgan fingerprint density at radius 1 is 0.968 bits per heavy atom.